The predicted octanol–water partition coefficient (Wildman–Crippen LogP) is 3.58. The summed E-state index contributed by atoms with van der Waals surface area (Å²) in [6.07, 6.45) is 0. The molecule has 78 valence electrons. The number of nitriles is 1. The van der Waals surface area contributed by atoms with Crippen molar-refractivity contribution in [2.75, 3.05) is 0 Å². The average molecular weight is 230 g/mol. The van der Waals surface area contributed by atoms with Gasteiger partial charge in [-0.15, -0.1) is 0 Å². The lowest BCUT2D eigenvalue weighted by Gasteiger charge is -2.03. The number of hydrogen-bond donors (Lipinski definition) is 1. The van der Waals surface area contributed by atoms with Crippen LogP contribution in [0, 0.1) is 11.3 Å². The number of halogens is 1. The van der Waals surface area contributed by atoms with Gasteiger partial charge < -0.3 is 5.11 Å². The van der Waals surface area contributed by atoms with Crippen LogP contribution in [0.15, 0.2) is 42.5 Å². The van der Waals surface area contributed by atoms with E-state index in [9.17, 15) is 5.11 Å². The first-order valence-corrected chi connectivity index (χ1v) is 5.07. The molecular formula is C13H8ClNO. The fraction of sp³-hybridized carbons (Fsp3) is 0. The zero-order valence-corrected chi connectivity index (χ0v) is 9.07. The third kappa shape index (κ3) is 2.00. The minimum atomic E-state index is 0.0588. The normalized spacial score (nSPS) is 9.75. The molecule has 0 bridgehead atoms. The van der Waals surface area contributed by atoms with E-state index in [0.29, 0.717) is 10.6 Å². The number of aromatic hydroxyl groups is 1. The van der Waals surface area contributed by atoms with Gasteiger partial charge in [0.2, 0.25) is 0 Å². The van der Waals surface area contributed by atoms with Crippen molar-refractivity contribution in [3.8, 4) is 22.9 Å². The van der Waals surface area contributed by atoms with Crippen LogP contribution < -0.4 is 0 Å². The minimum absolute atomic E-state index is 0.0588. The van der Waals surface area contributed by atoms with Gasteiger partial charge in [-0.2, -0.15) is 5.26 Å². The second-order valence-corrected chi connectivity index (χ2v) is 3.76. The molecule has 16 heavy (non-hydrogen) atoms. The van der Waals surface area contributed by atoms with Crippen LogP contribution in [0.3, 0.4) is 0 Å². The molecule has 0 spiro atoms. The monoisotopic (exact) mass is 229 g/mol. The topological polar surface area (TPSA) is 44.0 Å². The molecule has 0 radical (unpaired) electrons. The number of benzene rings is 2. The fourth-order valence-corrected chi connectivity index (χ4v) is 1.55. The van der Waals surface area contributed by atoms with Crippen LogP contribution >= 0.6 is 11.6 Å². The number of phenolic OH excluding ortho intramolecular Hbond substituents is 1. The van der Waals surface area contributed by atoms with E-state index in [0.717, 1.165) is 11.1 Å². The van der Waals surface area contributed by atoms with Gasteiger partial charge in [0.05, 0.1) is 16.7 Å². The van der Waals surface area contributed by atoms with Gasteiger partial charge >= 0.3 is 0 Å². The van der Waals surface area contributed by atoms with Crippen molar-refractivity contribution in [1.29, 1.82) is 5.26 Å². The van der Waals surface area contributed by atoms with Gasteiger partial charge in [-0.25, -0.2) is 0 Å². The quantitative estimate of drug-likeness (QED) is 0.812. The van der Waals surface area contributed by atoms with Gasteiger partial charge in [0.15, 0.2) is 0 Å². The van der Waals surface area contributed by atoms with E-state index < -0.39 is 0 Å². The Kier molecular flexibility index (Phi) is 2.80. The van der Waals surface area contributed by atoms with Crippen LogP contribution in [0.5, 0.6) is 5.75 Å². The summed E-state index contributed by atoms with van der Waals surface area (Å²) in [5.74, 6) is 0.0588. The Balaban J connectivity index is 2.43. The molecule has 3 heteroatoms. The first-order valence-electron chi connectivity index (χ1n) is 4.70. The van der Waals surface area contributed by atoms with Crippen molar-refractivity contribution < 1.29 is 5.11 Å². The van der Waals surface area contributed by atoms with Crippen LogP contribution in [0.4, 0.5) is 0 Å². The van der Waals surface area contributed by atoms with Gasteiger partial charge in [0, 0.05) is 0 Å². The van der Waals surface area contributed by atoms with E-state index in [2.05, 4.69) is 6.07 Å². The molecule has 2 aromatic rings. The van der Waals surface area contributed by atoms with Gasteiger partial charge in [-0.3, -0.25) is 0 Å². The first kappa shape index (κ1) is 10.5. The lowest BCUT2D eigenvalue weighted by molar-refractivity contribution is 0.476. The van der Waals surface area contributed by atoms with Crippen LogP contribution in [-0.4, -0.2) is 5.11 Å². The molecule has 2 rings (SSSR count). The Hall–Kier alpha value is -1.98. The number of phenols is 1. The minimum Gasteiger partial charge on any atom is -0.506 e. The number of nitrogens with zero attached hydrogens (tertiary/aromatic N) is 1. The van der Waals surface area contributed by atoms with Crippen molar-refractivity contribution in [2.45, 2.75) is 0 Å². The third-order valence-corrected chi connectivity index (χ3v) is 2.61. The number of rotatable bonds is 1. The van der Waals surface area contributed by atoms with Crippen molar-refractivity contribution in [2.24, 2.45) is 0 Å². The molecule has 1 N–H and O–H groups in total. The molecule has 0 atom stereocenters. The average Bonchev–Trinajstić information content (AvgIpc) is 2.33. The number of hydrogen-bond acceptors (Lipinski definition) is 2. The maximum atomic E-state index is 9.48. The molecule has 2 aromatic carbocycles. The van der Waals surface area contributed by atoms with E-state index in [1.54, 1.807) is 24.3 Å². The molecule has 0 unspecified atom stereocenters. The summed E-state index contributed by atoms with van der Waals surface area (Å²) in [5, 5.41) is 18.5. The van der Waals surface area contributed by atoms with E-state index >= 15 is 0 Å². The van der Waals surface area contributed by atoms with E-state index in [4.69, 9.17) is 16.9 Å². The molecule has 0 saturated carbocycles. The Labute approximate surface area is 98.3 Å². The van der Waals surface area contributed by atoms with Crippen molar-refractivity contribution in [3.63, 3.8) is 0 Å². The van der Waals surface area contributed by atoms with Crippen LogP contribution in [0.1, 0.15) is 5.56 Å². The fourth-order valence-electron chi connectivity index (χ4n) is 1.43. The molecule has 0 aromatic heterocycles. The molecule has 0 saturated heterocycles. The highest BCUT2D eigenvalue weighted by atomic mass is 35.5. The summed E-state index contributed by atoms with van der Waals surface area (Å²) < 4.78 is 0. The molecule has 0 amide bonds. The second-order valence-electron chi connectivity index (χ2n) is 3.36. The zero-order chi connectivity index (χ0) is 11.5. The Morgan fingerprint density at radius 2 is 1.62 bits per heavy atom. The maximum Gasteiger partial charge on any atom is 0.134 e. The summed E-state index contributed by atoms with van der Waals surface area (Å²) >= 11 is 5.72. The third-order valence-electron chi connectivity index (χ3n) is 2.29. The molecule has 0 fully saturated rings. The van der Waals surface area contributed by atoms with Crippen LogP contribution in [0.25, 0.3) is 11.1 Å². The summed E-state index contributed by atoms with van der Waals surface area (Å²) in [6.45, 7) is 0. The van der Waals surface area contributed by atoms with Gasteiger partial charge in [-0.1, -0.05) is 29.8 Å². The lowest BCUT2D eigenvalue weighted by atomic mass is 10.0. The molecule has 0 aliphatic rings. The van der Waals surface area contributed by atoms with Crippen LogP contribution in [0.2, 0.25) is 5.02 Å². The zero-order valence-electron chi connectivity index (χ0n) is 8.31. The SMILES string of the molecule is N#Cc1ccc(-c2ccc(Cl)c(O)c2)cc1. The predicted molar refractivity (Wildman–Crippen MR) is 63.3 cm³/mol. The van der Waals surface area contributed by atoms with E-state index in [1.165, 1.54) is 0 Å². The van der Waals surface area contributed by atoms with Crippen molar-refractivity contribution in [1.82, 2.24) is 0 Å². The Bertz CT molecular complexity index is 555. The Morgan fingerprint density at radius 3 is 2.19 bits per heavy atom. The van der Waals surface area contributed by atoms with Crippen molar-refractivity contribution in [3.05, 3.63) is 53.1 Å². The molecule has 2 nitrogen and oxygen atoms in total. The van der Waals surface area contributed by atoms with Crippen molar-refractivity contribution >= 4 is 11.6 Å². The standard InChI is InChI=1S/C13H8ClNO/c14-12-6-5-11(7-13(12)16)10-3-1-9(8-15)2-4-10/h1-7,16H. The molecule has 0 aliphatic heterocycles. The Morgan fingerprint density at radius 1 is 1.00 bits per heavy atom. The van der Waals surface area contributed by atoms with E-state index in [-0.39, 0.29) is 5.75 Å². The largest absolute Gasteiger partial charge is 0.506 e. The van der Waals surface area contributed by atoms with Gasteiger partial charge in [0.25, 0.3) is 0 Å². The summed E-state index contributed by atoms with van der Waals surface area (Å²) in [6, 6.07) is 14.3. The van der Waals surface area contributed by atoms with Gasteiger partial charge in [-0.05, 0) is 35.4 Å². The molecule has 0 heterocycles. The molecule has 0 aliphatic carbocycles. The maximum absolute atomic E-state index is 9.48. The summed E-state index contributed by atoms with van der Waals surface area (Å²) in [5.41, 5.74) is 2.42. The second kappa shape index (κ2) is 4.26. The summed E-state index contributed by atoms with van der Waals surface area (Å²) in [7, 11) is 0. The lowest BCUT2D eigenvalue weighted by Crippen LogP contribution is -1.79. The van der Waals surface area contributed by atoms with Crippen LogP contribution in [-0.2, 0) is 0 Å². The highest BCUT2D eigenvalue weighted by molar-refractivity contribution is 6.32. The van der Waals surface area contributed by atoms with Gasteiger partial charge in [0.1, 0.15) is 5.75 Å². The highest BCUT2D eigenvalue weighted by Crippen LogP contribution is 2.29. The highest BCUT2D eigenvalue weighted by Gasteiger charge is 2.02. The smallest absolute Gasteiger partial charge is 0.134 e. The summed E-state index contributed by atoms with van der Waals surface area (Å²) in [4.78, 5) is 0. The van der Waals surface area contributed by atoms with E-state index in [1.807, 2.05) is 18.2 Å². The first-order chi connectivity index (χ1) is 7.70. The molecular weight excluding hydrogens is 222 g/mol.